The zero-order valence-corrected chi connectivity index (χ0v) is 15.1. The van der Waals surface area contributed by atoms with Crippen molar-refractivity contribution < 1.29 is 13.9 Å². The number of carbonyl (C=O) groups excluding carboxylic acids is 1. The number of fused-ring (bicyclic) bond motifs is 2. The Balaban J connectivity index is 1.46. The number of aryl methyl sites for hydroxylation is 1. The summed E-state index contributed by atoms with van der Waals surface area (Å²) in [4.78, 5) is 24.0. The Bertz CT molecular complexity index is 1040. The lowest BCUT2D eigenvalue weighted by molar-refractivity contribution is -0.128. The topological polar surface area (TPSA) is 68.5 Å². The number of hydrogen-bond donors (Lipinski definition) is 1. The van der Waals surface area contributed by atoms with Gasteiger partial charge in [-0.05, 0) is 55.5 Å². The van der Waals surface area contributed by atoms with E-state index in [9.17, 15) is 9.59 Å². The standard InChI is InChI=1S/C22H21NO4/c1-14(26-17-11-9-16-10-12-21(24)27-20(16)13-17)22(25)23-19-8-4-6-15-5-2-3-7-18(15)19/h2-3,5,7,9-14,19H,4,6,8H2,1H3,(H,23,25)/t14-,19-/m0/s1. The van der Waals surface area contributed by atoms with Crippen molar-refractivity contribution in [3.8, 4) is 5.75 Å². The summed E-state index contributed by atoms with van der Waals surface area (Å²) >= 11 is 0. The van der Waals surface area contributed by atoms with Crippen LogP contribution in [0.3, 0.4) is 0 Å². The van der Waals surface area contributed by atoms with Crippen molar-refractivity contribution in [3.05, 3.63) is 76.1 Å². The molecule has 1 N–H and O–H groups in total. The Labute approximate surface area is 157 Å². The van der Waals surface area contributed by atoms with Crippen LogP contribution in [0, 0.1) is 0 Å². The predicted octanol–water partition coefficient (Wildman–Crippen LogP) is 3.75. The molecule has 5 heteroatoms. The summed E-state index contributed by atoms with van der Waals surface area (Å²) in [6, 6.07) is 16.5. The molecule has 0 saturated carbocycles. The molecule has 0 radical (unpaired) electrons. The third-order valence-corrected chi connectivity index (χ3v) is 4.96. The van der Waals surface area contributed by atoms with Gasteiger partial charge in [-0.15, -0.1) is 0 Å². The molecule has 4 rings (SSSR count). The van der Waals surface area contributed by atoms with Gasteiger partial charge in [0.1, 0.15) is 11.3 Å². The second kappa shape index (κ2) is 7.27. The first-order chi connectivity index (χ1) is 13.1. The lowest BCUT2D eigenvalue weighted by Gasteiger charge is -2.27. The summed E-state index contributed by atoms with van der Waals surface area (Å²) in [5.41, 5.74) is 2.51. The third-order valence-electron chi connectivity index (χ3n) is 4.96. The summed E-state index contributed by atoms with van der Waals surface area (Å²) in [5.74, 6) is 0.329. The van der Waals surface area contributed by atoms with Crippen LogP contribution in [0.4, 0.5) is 0 Å². The highest BCUT2D eigenvalue weighted by atomic mass is 16.5. The number of ether oxygens (including phenoxy) is 1. The first kappa shape index (κ1) is 17.3. The molecule has 1 aliphatic carbocycles. The van der Waals surface area contributed by atoms with Crippen LogP contribution >= 0.6 is 0 Å². The predicted molar refractivity (Wildman–Crippen MR) is 103 cm³/mol. The quantitative estimate of drug-likeness (QED) is 0.717. The minimum atomic E-state index is -0.660. The minimum absolute atomic E-state index is 0.0168. The first-order valence-corrected chi connectivity index (χ1v) is 9.19. The summed E-state index contributed by atoms with van der Waals surface area (Å²) in [5, 5.41) is 3.91. The van der Waals surface area contributed by atoms with E-state index in [2.05, 4.69) is 17.4 Å². The van der Waals surface area contributed by atoms with Gasteiger partial charge in [-0.1, -0.05) is 24.3 Å². The van der Waals surface area contributed by atoms with Gasteiger partial charge >= 0.3 is 5.63 Å². The average molecular weight is 363 g/mol. The Morgan fingerprint density at radius 3 is 2.89 bits per heavy atom. The zero-order chi connectivity index (χ0) is 18.8. The maximum Gasteiger partial charge on any atom is 0.336 e. The molecule has 3 aromatic rings. The lowest BCUT2D eigenvalue weighted by atomic mass is 9.87. The monoisotopic (exact) mass is 363 g/mol. The van der Waals surface area contributed by atoms with Crippen molar-refractivity contribution in [2.75, 3.05) is 0 Å². The minimum Gasteiger partial charge on any atom is -0.481 e. The van der Waals surface area contributed by atoms with Gasteiger partial charge in [-0.3, -0.25) is 4.79 Å². The van der Waals surface area contributed by atoms with E-state index in [1.807, 2.05) is 12.1 Å². The van der Waals surface area contributed by atoms with Crippen LogP contribution < -0.4 is 15.7 Å². The fourth-order valence-electron chi connectivity index (χ4n) is 3.56. The van der Waals surface area contributed by atoms with Crippen LogP contribution in [0.2, 0.25) is 0 Å². The van der Waals surface area contributed by atoms with E-state index in [1.165, 1.54) is 17.2 Å². The molecule has 0 unspecified atom stereocenters. The number of benzene rings is 2. The van der Waals surface area contributed by atoms with Gasteiger partial charge < -0.3 is 14.5 Å². The number of carbonyl (C=O) groups is 1. The fraction of sp³-hybridized carbons (Fsp3) is 0.273. The van der Waals surface area contributed by atoms with Crippen LogP contribution in [-0.4, -0.2) is 12.0 Å². The highest BCUT2D eigenvalue weighted by Crippen LogP contribution is 2.29. The first-order valence-electron chi connectivity index (χ1n) is 9.19. The molecular weight excluding hydrogens is 342 g/mol. The van der Waals surface area contributed by atoms with Crippen LogP contribution in [0.25, 0.3) is 11.0 Å². The van der Waals surface area contributed by atoms with E-state index in [-0.39, 0.29) is 11.9 Å². The SMILES string of the molecule is C[C@H](Oc1ccc2ccc(=O)oc2c1)C(=O)N[C@H]1CCCc2ccccc21. The Morgan fingerprint density at radius 1 is 1.19 bits per heavy atom. The maximum absolute atomic E-state index is 12.6. The molecule has 0 aliphatic heterocycles. The van der Waals surface area contributed by atoms with Crippen molar-refractivity contribution in [2.24, 2.45) is 0 Å². The Hall–Kier alpha value is -3.08. The highest BCUT2D eigenvalue weighted by molar-refractivity contribution is 5.82. The second-order valence-electron chi connectivity index (χ2n) is 6.87. The number of hydrogen-bond acceptors (Lipinski definition) is 4. The van der Waals surface area contributed by atoms with Gasteiger partial charge in [-0.2, -0.15) is 0 Å². The molecule has 2 aromatic carbocycles. The van der Waals surface area contributed by atoms with Gasteiger partial charge in [0.2, 0.25) is 0 Å². The van der Waals surface area contributed by atoms with E-state index in [0.717, 1.165) is 24.6 Å². The molecular formula is C22H21NO4. The lowest BCUT2D eigenvalue weighted by Crippen LogP contribution is -2.39. The maximum atomic E-state index is 12.6. The Morgan fingerprint density at radius 2 is 2.00 bits per heavy atom. The molecule has 1 amide bonds. The van der Waals surface area contributed by atoms with Gasteiger partial charge in [0.15, 0.2) is 6.10 Å². The molecule has 0 saturated heterocycles. The molecule has 138 valence electrons. The van der Waals surface area contributed by atoms with E-state index in [1.54, 1.807) is 31.2 Å². The molecule has 27 heavy (non-hydrogen) atoms. The number of nitrogens with one attached hydrogen (secondary N) is 1. The summed E-state index contributed by atoms with van der Waals surface area (Å²) in [6.45, 7) is 1.72. The highest BCUT2D eigenvalue weighted by Gasteiger charge is 2.24. The van der Waals surface area contributed by atoms with Crippen LogP contribution in [0.15, 0.2) is 63.8 Å². The van der Waals surface area contributed by atoms with Crippen LogP contribution in [0.1, 0.15) is 36.9 Å². The van der Waals surface area contributed by atoms with Crippen LogP contribution in [-0.2, 0) is 11.2 Å². The molecule has 0 spiro atoms. The zero-order valence-electron chi connectivity index (χ0n) is 15.1. The van der Waals surface area contributed by atoms with Gasteiger partial charge in [0, 0.05) is 17.5 Å². The normalized spacial score (nSPS) is 17.1. The molecule has 0 bridgehead atoms. The van der Waals surface area contributed by atoms with E-state index >= 15 is 0 Å². The molecule has 5 nitrogen and oxygen atoms in total. The largest absolute Gasteiger partial charge is 0.481 e. The summed E-state index contributed by atoms with van der Waals surface area (Å²) < 4.78 is 10.9. The summed E-state index contributed by atoms with van der Waals surface area (Å²) in [7, 11) is 0. The van der Waals surface area contributed by atoms with Crippen molar-refractivity contribution >= 4 is 16.9 Å². The molecule has 0 fully saturated rings. The molecule has 1 aromatic heterocycles. The van der Waals surface area contributed by atoms with Crippen molar-refractivity contribution in [2.45, 2.75) is 38.3 Å². The van der Waals surface area contributed by atoms with Crippen molar-refractivity contribution in [1.82, 2.24) is 5.32 Å². The average Bonchev–Trinajstić information content (AvgIpc) is 2.68. The van der Waals surface area contributed by atoms with Gasteiger partial charge in [0.05, 0.1) is 6.04 Å². The van der Waals surface area contributed by atoms with Crippen molar-refractivity contribution in [1.29, 1.82) is 0 Å². The second-order valence-corrected chi connectivity index (χ2v) is 6.87. The molecule has 1 heterocycles. The van der Waals surface area contributed by atoms with Crippen molar-refractivity contribution in [3.63, 3.8) is 0 Å². The number of amides is 1. The van der Waals surface area contributed by atoms with E-state index in [4.69, 9.17) is 9.15 Å². The fourth-order valence-corrected chi connectivity index (χ4v) is 3.56. The summed E-state index contributed by atoms with van der Waals surface area (Å²) in [6.07, 6.45) is 2.38. The van der Waals surface area contributed by atoms with E-state index < -0.39 is 11.7 Å². The van der Waals surface area contributed by atoms with Gasteiger partial charge in [0.25, 0.3) is 5.91 Å². The van der Waals surface area contributed by atoms with Crippen LogP contribution in [0.5, 0.6) is 5.75 Å². The van der Waals surface area contributed by atoms with E-state index in [0.29, 0.717) is 11.3 Å². The molecule has 2 atom stereocenters. The number of rotatable bonds is 4. The third kappa shape index (κ3) is 3.72. The Kier molecular flexibility index (Phi) is 4.67. The smallest absolute Gasteiger partial charge is 0.336 e. The van der Waals surface area contributed by atoms with Gasteiger partial charge in [-0.25, -0.2) is 4.79 Å². The molecule has 1 aliphatic rings.